The molecular weight excluding hydrogens is 577 g/mol. The van der Waals surface area contributed by atoms with Crippen molar-refractivity contribution in [2.24, 2.45) is 0 Å². The Morgan fingerprint density at radius 2 is 0.500 bits per heavy atom. The Bertz CT molecular complexity index is 2920. The molecule has 0 saturated carbocycles. The van der Waals surface area contributed by atoms with E-state index in [1.807, 2.05) is 0 Å². The van der Waals surface area contributed by atoms with Crippen LogP contribution in [0.2, 0.25) is 0 Å². The molecule has 0 nitrogen and oxygen atoms in total. The lowest BCUT2D eigenvalue weighted by molar-refractivity contribution is 1.57. The highest BCUT2D eigenvalue weighted by molar-refractivity contribution is 6.22. The summed E-state index contributed by atoms with van der Waals surface area (Å²) in [5, 5.41) is 15.3. The van der Waals surface area contributed by atoms with Gasteiger partial charge in [-0.3, -0.25) is 0 Å². The first-order chi connectivity index (χ1) is 23.8. The third-order valence-electron chi connectivity index (χ3n) is 10.7. The Morgan fingerprint density at radius 1 is 0.188 bits per heavy atom. The average molecular weight is 605 g/mol. The van der Waals surface area contributed by atoms with Crippen molar-refractivity contribution in [3.05, 3.63) is 170 Å². The largest absolute Gasteiger partial charge is 0.0616 e. The fraction of sp³-hybridized carbons (Fsp3) is 0. The van der Waals surface area contributed by atoms with Crippen LogP contribution in [0.5, 0.6) is 0 Å². The lowest BCUT2D eigenvalue weighted by Gasteiger charge is -2.27. The molecule has 0 unspecified atom stereocenters. The Kier molecular flexibility index (Phi) is 5.20. The summed E-state index contributed by atoms with van der Waals surface area (Å²) < 4.78 is 0. The zero-order chi connectivity index (χ0) is 31.3. The molecule has 0 spiro atoms. The van der Waals surface area contributed by atoms with Crippen LogP contribution < -0.4 is 0 Å². The van der Waals surface area contributed by atoms with Gasteiger partial charge in [-0.05, 0) is 146 Å². The summed E-state index contributed by atoms with van der Waals surface area (Å²) in [6.07, 6.45) is 0. The van der Waals surface area contributed by atoms with Gasteiger partial charge >= 0.3 is 0 Å². The SMILES string of the molecule is c1ccc2c(c1)-c1ccc3cc4ccccc4cc3c1-c1ccc3cc4ccccc4cc3c1-c1ccc3cc4ccccc4cc3c1-2. The maximum Gasteiger partial charge on any atom is -0.00197 e. The Balaban J connectivity index is 1.39. The van der Waals surface area contributed by atoms with Crippen LogP contribution in [0, 0.1) is 0 Å². The van der Waals surface area contributed by atoms with Gasteiger partial charge in [0.1, 0.15) is 0 Å². The lowest BCUT2D eigenvalue weighted by Crippen LogP contribution is -2.00. The molecule has 0 heteroatoms. The van der Waals surface area contributed by atoms with Gasteiger partial charge in [-0.25, -0.2) is 0 Å². The quantitative estimate of drug-likeness (QED) is 0.151. The highest BCUT2D eigenvalue weighted by atomic mass is 14.3. The van der Waals surface area contributed by atoms with E-state index in [0.717, 1.165) is 0 Å². The summed E-state index contributed by atoms with van der Waals surface area (Å²) in [5.41, 5.74) is 10.3. The van der Waals surface area contributed by atoms with Crippen molar-refractivity contribution in [1.29, 1.82) is 0 Å². The van der Waals surface area contributed by atoms with E-state index in [1.165, 1.54) is 109 Å². The van der Waals surface area contributed by atoms with Gasteiger partial charge in [-0.2, -0.15) is 0 Å². The zero-order valence-electron chi connectivity index (χ0n) is 26.2. The molecule has 220 valence electrons. The molecule has 0 radical (unpaired) electrons. The Hall–Kier alpha value is -6.24. The number of hydrogen-bond acceptors (Lipinski definition) is 0. The van der Waals surface area contributed by atoms with E-state index in [9.17, 15) is 0 Å². The molecule has 10 aromatic carbocycles. The first kappa shape index (κ1) is 25.9. The molecule has 0 saturated heterocycles. The van der Waals surface area contributed by atoms with Crippen LogP contribution in [0.25, 0.3) is 109 Å². The lowest BCUT2D eigenvalue weighted by atomic mass is 9.76. The van der Waals surface area contributed by atoms with Crippen molar-refractivity contribution in [2.75, 3.05) is 0 Å². The first-order valence-electron chi connectivity index (χ1n) is 16.8. The molecule has 1 aliphatic rings. The smallest absolute Gasteiger partial charge is 0.00197 e. The van der Waals surface area contributed by atoms with E-state index in [0.29, 0.717) is 0 Å². The van der Waals surface area contributed by atoms with Crippen LogP contribution in [0.1, 0.15) is 0 Å². The summed E-state index contributed by atoms with van der Waals surface area (Å²) in [6.45, 7) is 0. The van der Waals surface area contributed by atoms with E-state index < -0.39 is 0 Å². The Labute approximate surface area is 278 Å². The fourth-order valence-electron chi connectivity index (χ4n) is 8.49. The van der Waals surface area contributed by atoms with Crippen LogP contribution in [0.15, 0.2) is 170 Å². The molecule has 0 fully saturated rings. The second-order valence-electron chi connectivity index (χ2n) is 13.3. The summed E-state index contributed by atoms with van der Waals surface area (Å²) in [6, 6.07) is 63.8. The first-order valence-corrected chi connectivity index (χ1v) is 16.8. The molecule has 0 aliphatic heterocycles. The molecule has 48 heavy (non-hydrogen) atoms. The van der Waals surface area contributed by atoms with Crippen LogP contribution in [-0.4, -0.2) is 0 Å². The Morgan fingerprint density at radius 3 is 0.938 bits per heavy atom. The van der Waals surface area contributed by atoms with Gasteiger partial charge in [0.25, 0.3) is 0 Å². The van der Waals surface area contributed by atoms with Crippen molar-refractivity contribution in [3.63, 3.8) is 0 Å². The third kappa shape index (κ3) is 3.60. The van der Waals surface area contributed by atoms with Crippen molar-refractivity contribution >= 4 is 64.6 Å². The van der Waals surface area contributed by atoms with E-state index in [1.54, 1.807) is 0 Å². The van der Waals surface area contributed by atoms with Crippen LogP contribution >= 0.6 is 0 Å². The van der Waals surface area contributed by atoms with Gasteiger partial charge in [-0.15, -0.1) is 0 Å². The van der Waals surface area contributed by atoms with Gasteiger partial charge in [0.05, 0.1) is 0 Å². The monoisotopic (exact) mass is 604 g/mol. The predicted molar refractivity (Wildman–Crippen MR) is 207 cm³/mol. The zero-order valence-corrected chi connectivity index (χ0v) is 26.2. The summed E-state index contributed by atoms with van der Waals surface area (Å²) in [5.74, 6) is 0. The average Bonchev–Trinajstić information content (AvgIpc) is 3.13. The number of fused-ring (bicyclic) bond motifs is 17. The normalized spacial score (nSPS) is 12.2. The molecule has 11 rings (SSSR count). The van der Waals surface area contributed by atoms with Crippen LogP contribution in [0.3, 0.4) is 0 Å². The van der Waals surface area contributed by atoms with E-state index in [2.05, 4.69) is 170 Å². The molecule has 0 aromatic heterocycles. The minimum Gasteiger partial charge on any atom is -0.0616 e. The predicted octanol–water partition coefficient (Wildman–Crippen LogP) is 13.6. The molecule has 0 bridgehead atoms. The molecule has 1 aliphatic carbocycles. The number of hydrogen-bond donors (Lipinski definition) is 0. The van der Waals surface area contributed by atoms with Gasteiger partial charge < -0.3 is 0 Å². The summed E-state index contributed by atoms with van der Waals surface area (Å²) in [7, 11) is 0. The van der Waals surface area contributed by atoms with E-state index in [-0.39, 0.29) is 0 Å². The second-order valence-corrected chi connectivity index (χ2v) is 13.3. The maximum atomic E-state index is 2.42. The van der Waals surface area contributed by atoms with Crippen LogP contribution in [-0.2, 0) is 0 Å². The molecule has 0 N–H and O–H groups in total. The third-order valence-corrected chi connectivity index (χ3v) is 10.7. The van der Waals surface area contributed by atoms with Crippen LogP contribution in [0.4, 0.5) is 0 Å². The van der Waals surface area contributed by atoms with Crippen molar-refractivity contribution in [3.8, 4) is 44.5 Å². The maximum absolute atomic E-state index is 2.42. The molecule has 0 heterocycles. The van der Waals surface area contributed by atoms with Crippen molar-refractivity contribution in [1.82, 2.24) is 0 Å². The molecule has 10 aromatic rings. The van der Waals surface area contributed by atoms with Gasteiger partial charge in [0.15, 0.2) is 0 Å². The van der Waals surface area contributed by atoms with Gasteiger partial charge in [-0.1, -0.05) is 133 Å². The second kappa shape index (κ2) is 9.64. The highest BCUT2D eigenvalue weighted by Crippen LogP contribution is 2.54. The van der Waals surface area contributed by atoms with E-state index in [4.69, 9.17) is 0 Å². The standard InChI is InChI=1S/C48H28/c1-5-13-33-27-44-35(23-29(33)9-1)17-20-40-38-15-7-8-16-39(38)46-41(21-18-36-24-30-10-2-4-12-32(30)26-43(36)46)48-42(47(40)44)22-19-37-25-31-11-3-6-14-34(31)28-45(37)48/h1-28H. The van der Waals surface area contributed by atoms with E-state index >= 15 is 0 Å². The van der Waals surface area contributed by atoms with Crippen molar-refractivity contribution in [2.45, 2.75) is 0 Å². The minimum atomic E-state index is 1.26. The number of benzene rings is 10. The number of rotatable bonds is 0. The highest BCUT2D eigenvalue weighted by Gasteiger charge is 2.26. The van der Waals surface area contributed by atoms with Crippen molar-refractivity contribution < 1.29 is 0 Å². The molecule has 0 atom stereocenters. The minimum absolute atomic E-state index is 1.26. The molecular formula is C48H28. The topological polar surface area (TPSA) is 0 Å². The van der Waals surface area contributed by atoms with Gasteiger partial charge in [0, 0.05) is 0 Å². The fourth-order valence-corrected chi connectivity index (χ4v) is 8.49. The molecule has 0 amide bonds. The van der Waals surface area contributed by atoms with Gasteiger partial charge in [0.2, 0.25) is 0 Å². The summed E-state index contributed by atoms with van der Waals surface area (Å²) in [4.78, 5) is 0. The summed E-state index contributed by atoms with van der Waals surface area (Å²) >= 11 is 0.